The van der Waals surface area contributed by atoms with E-state index in [1.807, 2.05) is 14.1 Å². The van der Waals surface area contributed by atoms with Crippen LogP contribution in [0.25, 0.3) is 0 Å². The van der Waals surface area contributed by atoms with E-state index >= 15 is 0 Å². The SMILES string of the molecule is CN(C)c1nc(NN)nc(NC2CCS(=O)CC2)n1. The molecule has 0 aromatic carbocycles. The van der Waals surface area contributed by atoms with E-state index in [4.69, 9.17) is 5.84 Å². The zero-order chi connectivity index (χ0) is 13.8. The third-order valence-corrected chi connectivity index (χ3v) is 4.26. The summed E-state index contributed by atoms with van der Waals surface area (Å²) < 4.78 is 11.3. The van der Waals surface area contributed by atoms with Gasteiger partial charge in [0.05, 0.1) is 0 Å². The van der Waals surface area contributed by atoms with Crippen LogP contribution in [0.1, 0.15) is 12.8 Å². The van der Waals surface area contributed by atoms with Gasteiger partial charge in [-0.1, -0.05) is 0 Å². The highest BCUT2D eigenvalue weighted by atomic mass is 32.2. The molecule has 1 aromatic rings. The van der Waals surface area contributed by atoms with Crippen molar-refractivity contribution < 1.29 is 4.21 Å². The number of rotatable bonds is 4. The fourth-order valence-electron chi connectivity index (χ4n) is 1.81. The molecule has 0 unspecified atom stereocenters. The predicted octanol–water partition coefficient (Wildman–Crippen LogP) is -0.454. The number of nitrogens with one attached hydrogen (secondary N) is 2. The van der Waals surface area contributed by atoms with Crippen molar-refractivity contribution in [3.8, 4) is 0 Å². The molecular weight excluding hydrogens is 266 g/mol. The van der Waals surface area contributed by atoms with Crippen molar-refractivity contribution in [2.45, 2.75) is 18.9 Å². The van der Waals surface area contributed by atoms with Gasteiger partial charge in [-0.05, 0) is 12.8 Å². The highest BCUT2D eigenvalue weighted by Gasteiger charge is 2.19. The van der Waals surface area contributed by atoms with Crippen LogP contribution in [0.15, 0.2) is 0 Å². The maximum Gasteiger partial charge on any atom is 0.243 e. The summed E-state index contributed by atoms with van der Waals surface area (Å²) in [7, 11) is 3.03. The molecule has 1 aliphatic heterocycles. The van der Waals surface area contributed by atoms with Gasteiger partial charge in [0.25, 0.3) is 0 Å². The molecule has 9 heteroatoms. The molecule has 0 spiro atoms. The number of nitrogens with two attached hydrogens (primary N) is 1. The standard InChI is InChI=1S/C10H19N7OS/c1-17(2)10-14-8(13-9(15-10)16-11)12-7-3-5-19(18)6-4-7/h7H,3-6,11H2,1-2H3,(H2,12,13,14,15,16). The van der Waals surface area contributed by atoms with Gasteiger partial charge in [0.2, 0.25) is 17.8 Å². The van der Waals surface area contributed by atoms with E-state index < -0.39 is 10.8 Å². The third kappa shape index (κ3) is 3.74. The molecule has 106 valence electrons. The van der Waals surface area contributed by atoms with Crippen molar-refractivity contribution in [2.24, 2.45) is 5.84 Å². The Morgan fingerprint density at radius 2 is 1.84 bits per heavy atom. The maximum atomic E-state index is 11.3. The first kappa shape index (κ1) is 13.9. The van der Waals surface area contributed by atoms with Crippen LogP contribution in [0.5, 0.6) is 0 Å². The lowest BCUT2D eigenvalue weighted by molar-refractivity contribution is 0.620. The summed E-state index contributed by atoms with van der Waals surface area (Å²) in [5.41, 5.74) is 2.43. The fourth-order valence-corrected chi connectivity index (χ4v) is 3.11. The first-order valence-electron chi connectivity index (χ1n) is 6.10. The Morgan fingerprint density at radius 3 is 2.42 bits per heavy atom. The van der Waals surface area contributed by atoms with Crippen LogP contribution in [-0.4, -0.2) is 50.8 Å². The van der Waals surface area contributed by atoms with Gasteiger partial charge in [-0.3, -0.25) is 9.63 Å². The Kier molecular flexibility index (Phi) is 4.48. The molecule has 4 N–H and O–H groups in total. The van der Waals surface area contributed by atoms with E-state index in [2.05, 4.69) is 25.7 Å². The quantitative estimate of drug-likeness (QED) is 0.504. The minimum atomic E-state index is -0.670. The molecule has 19 heavy (non-hydrogen) atoms. The Bertz CT molecular complexity index is 457. The lowest BCUT2D eigenvalue weighted by atomic mass is 10.2. The molecule has 0 aliphatic carbocycles. The average molecular weight is 285 g/mol. The van der Waals surface area contributed by atoms with E-state index in [-0.39, 0.29) is 6.04 Å². The average Bonchev–Trinajstić information content (AvgIpc) is 2.41. The maximum absolute atomic E-state index is 11.3. The Hall–Kier alpha value is -1.48. The van der Waals surface area contributed by atoms with Crippen LogP contribution in [-0.2, 0) is 10.8 Å². The topological polar surface area (TPSA) is 109 Å². The number of anilines is 3. The molecule has 0 bridgehead atoms. The second-order valence-electron chi connectivity index (χ2n) is 4.59. The van der Waals surface area contributed by atoms with Crippen molar-refractivity contribution in [3.05, 3.63) is 0 Å². The molecule has 1 saturated heterocycles. The zero-order valence-electron chi connectivity index (χ0n) is 11.1. The molecular formula is C10H19N7OS. The summed E-state index contributed by atoms with van der Waals surface area (Å²) >= 11 is 0. The highest BCUT2D eigenvalue weighted by molar-refractivity contribution is 7.85. The normalized spacial score (nSPS) is 22.9. The van der Waals surface area contributed by atoms with Gasteiger partial charge >= 0.3 is 0 Å². The Labute approximate surface area is 114 Å². The van der Waals surface area contributed by atoms with Crippen LogP contribution >= 0.6 is 0 Å². The van der Waals surface area contributed by atoms with Crippen molar-refractivity contribution in [1.29, 1.82) is 0 Å². The van der Waals surface area contributed by atoms with Gasteiger partial charge in [-0.25, -0.2) is 5.84 Å². The summed E-state index contributed by atoms with van der Waals surface area (Å²) in [6.45, 7) is 0. The zero-order valence-corrected chi connectivity index (χ0v) is 11.9. The molecule has 8 nitrogen and oxygen atoms in total. The van der Waals surface area contributed by atoms with Crippen LogP contribution in [0, 0.1) is 0 Å². The van der Waals surface area contributed by atoms with Gasteiger partial charge < -0.3 is 10.2 Å². The number of hydrogen-bond acceptors (Lipinski definition) is 8. The molecule has 1 fully saturated rings. The lowest BCUT2D eigenvalue weighted by Gasteiger charge is -2.23. The number of nitrogens with zero attached hydrogens (tertiary/aromatic N) is 4. The third-order valence-electron chi connectivity index (χ3n) is 2.87. The fraction of sp³-hybridized carbons (Fsp3) is 0.700. The van der Waals surface area contributed by atoms with Crippen LogP contribution < -0.4 is 21.5 Å². The Balaban J connectivity index is 2.10. The first-order valence-corrected chi connectivity index (χ1v) is 7.59. The Morgan fingerprint density at radius 1 is 1.21 bits per heavy atom. The first-order chi connectivity index (χ1) is 9.08. The molecule has 0 radical (unpaired) electrons. The summed E-state index contributed by atoms with van der Waals surface area (Å²) in [6, 6.07) is 0.251. The predicted molar refractivity (Wildman–Crippen MR) is 76.5 cm³/mol. The summed E-state index contributed by atoms with van der Waals surface area (Å²) in [5, 5.41) is 3.25. The molecule has 0 saturated carbocycles. The minimum absolute atomic E-state index is 0.251. The molecule has 0 atom stereocenters. The molecule has 1 aliphatic rings. The van der Waals surface area contributed by atoms with E-state index in [0.717, 1.165) is 24.3 Å². The number of hydrazine groups is 1. The van der Waals surface area contributed by atoms with Gasteiger partial charge in [0.1, 0.15) is 0 Å². The number of hydrogen-bond donors (Lipinski definition) is 3. The second-order valence-corrected chi connectivity index (χ2v) is 6.28. The van der Waals surface area contributed by atoms with Gasteiger partial charge in [-0.2, -0.15) is 15.0 Å². The van der Waals surface area contributed by atoms with Crippen molar-refractivity contribution in [1.82, 2.24) is 15.0 Å². The van der Waals surface area contributed by atoms with E-state index in [1.165, 1.54) is 0 Å². The van der Waals surface area contributed by atoms with Crippen molar-refractivity contribution in [3.63, 3.8) is 0 Å². The molecule has 2 rings (SSSR count). The van der Waals surface area contributed by atoms with Crippen molar-refractivity contribution in [2.75, 3.05) is 41.2 Å². The number of aromatic nitrogens is 3. The monoisotopic (exact) mass is 285 g/mol. The lowest BCUT2D eigenvalue weighted by Crippen LogP contribution is -2.30. The second kappa shape index (κ2) is 6.11. The minimum Gasteiger partial charge on any atom is -0.351 e. The van der Waals surface area contributed by atoms with E-state index in [0.29, 0.717) is 17.8 Å². The molecule has 0 amide bonds. The summed E-state index contributed by atoms with van der Waals surface area (Å²) in [6.07, 6.45) is 1.72. The van der Waals surface area contributed by atoms with E-state index in [9.17, 15) is 4.21 Å². The van der Waals surface area contributed by atoms with Gasteiger partial charge in [0, 0.05) is 42.4 Å². The summed E-state index contributed by atoms with van der Waals surface area (Å²) in [4.78, 5) is 14.4. The van der Waals surface area contributed by atoms with Crippen LogP contribution in [0.4, 0.5) is 17.8 Å². The van der Waals surface area contributed by atoms with Gasteiger partial charge in [0.15, 0.2) is 0 Å². The highest BCUT2D eigenvalue weighted by Crippen LogP contribution is 2.16. The largest absolute Gasteiger partial charge is 0.351 e. The smallest absolute Gasteiger partial charge is 0.243 e. The van der Waals surface area contributed by atoms with Gasteiger partial charge in [-0.15, -0.1) is 0 Å². The van der Waals surface area contributed by atoms with E-state index in [1.54, 1.807) is 4.90 Å². The molecule has 1 aromatic heterocycles. The van der Waals surface area contributed by atoms with Crippen molar-refractivity contribution >= 4 is 28.6 Å². The molecule has 2 heterocycles. The van der Waals surface area contributed by atoms with Crippen LogP contribution in [0.3, 0.4) is 0 Å². The summed E-state index contributed by atoms with van der Waals surface area (Å²) in [5.74, 6) is 8.15. The van der Waals surface area contributed by atoms with Crippen LogP contribution in [0.2, 0.25) is 0 Å². The number of nitrogen functional groups attached to an aromatic ring is 1.